The van der Waals surface area contributed by atoms with E-state index in [1.807, 2.05) is 41.6 Å². The molecule has 0 aliphatic carbocycles. The minimum absolute atomic E-state index is 0.847. The van der Waals surface area contributed by atoms with Gasteiger partial charge in [0.1, 0.15) is 0 Å². The van der Waals surface area contributed by atoms with Crippen LogP contribution in [0.25, 0.3) is 11.0 Å². The summed E-state index contributed by atoms with van der Waals surface area (Å²) in [6.07, 6.45) is 3.96. The third-order valence-corrected chi connectivity index (χ3v) is 2.27. The summed E-state index contributed by atoms with van der Waals surface area (Å²) in [4.78, 5) is 7.71. The lowest BCUT2D eigenvalue weighted by atomic mass is 10.3. The third-order valence-electron chi connectivity index (χ3n) is 2.27. The Bertz CT molecular complexity index is 445. The van der Waals surface area contributed by atoms with Gasteiger partial charge in [0, 0.05) is 6.20 Å². The van der Waals surface area contributed by atoms with Crippen molar-refractivity contribution in [2.24, 2.45) is 0 Å². The fraction of sp³-hybridized carbons (Fsp3) is 0.100. The average molecular weight is 186 g/mol. The first-order valence-electron chi connectivity index (χ1n) is 4.57. The van der Waals surface area contributed by atoms with Gasteiger partial charge in [-0.3, -0.25) is 5.01 Å². The Morgan fingerprint density at radius 3 is 3.00 bits per heavy atom. The third kappa shape index (κ3) is 1.04. The van der Waals surface area contributed by atoms with Crippen molar-refractivity contribution >= 4 is 17.0 Å². The zero-order valence-electron chi connectivity index (χ0n) is 7.57. The molecule has 2 N–H and O–H groups in total. The highest BCUT2D eigenvalue weighted by Crippen LogP contribution is 2.16. The highest BCUT2D eigenvalue weighted by atomic mass is 15.6. The van der Waals surface area contributed by atoms with Crippen LogP contribution in [0.1, 0.15) is 0 Å². The van der Waals surface area contributed by atoms with Crippen molar-refractivity contribution < 1.29 is 0 Å². The maximum absolute atomic E-state index is 4.46. The Morgan fingerprint density at radius 2 is 2.21 bits per heavy atom. The monoisotopic (exact) mass is 186 g/mol. The van der Waals surface area contributed by atoms with E-state index in [2.05, 4.69) is 15.4 Å². The molecule has 2 aromatic rings. The molecule has 3 rings (SSSR count). The minimum atomic E-state index is 0.847. The first-order chi connectivity index (χ1) is 6.93. The van der Waals surface area contributed by atoms with Crippen LogP contribution >= 0.6 is 0 Å². The number of anilines is 1. The van der Waals surface area contributed by atoms with E-state index in [4.69, 9.17) is 0 Å². The van der Waals surface area contributed by atoms with Crippen LogP contribution in [0.3, 0.4) is 0 Å². The van der Waals surface area contributed by atoms with E-state index in [0.29, 0.717) is 0 Å². The van der Waals surface area contributed by atoms with Crippen molar-refractivity contribution in [3.8, 4) is 0 Å². The number of hydrogen-bond acceptors (Lipinski definition) is 3. The fourth-order valence-electron chi connectivity index (χ4n) is 1.57. The number of hydrogen-bond donors (Lipinski definition) is 2. The molecule has 1 aliphatic rings. The molecule has 14 heavy (non-hydrogen) atoms. The number of nitrogens with zero attached hydrogens (tertiary/aromatic N) is 2. The predicted octanol–water partition coefficient (Wildman–Crippen LogP) is 1.40. The molecule has 0 amide bonds. The number of H-pyrrole nitrogens is 1. The summed E-state index contributed by atoms with van der Waals surface area (Å²) < 4.78 is 0. The maximum atomic E-state index is 4.46. The highest BCUT2D eigenvalue weighted by molar-refractivity contribution is 5.77. The number of imidazole rings is 1. The molecule has 70 valence electrons. The lowest BCUT2D eigenvalue weighted by molar-refractivity contribution is 0.809. The topological polar surface area (TPSA) is 44.0 Å². The molecular weight excluding hydrogens is 176 g/mol. The van der Waals surface area contributed by atoms with Crippen LogP contribution in [0.15, 0.2) is 36.5 Å². The summed E-state index contributed by atoms with van der Waals surface area (Å²) in [6, 6.07) is 8.01. The number of hydrazine groups is 1. The Morgan fingerprint density at radius 1 is 1.29 bits per heavy atom. The molecule has 0 unspecified atom stereocenters. The van der Waals surface area contributed by atoms with Crippen molar-refractivity contribution in [2.45, 2.75) is 0 Å². The average Bonchev–Trinajstić information content (AvgIpc) is 2.86. The van der Waals surface area contributed by atoms with Gasteiger partial charge < -0.3 is 10.4 Å². The summed E-state index contributed by atoms with van der Waals surface area (Å²) in [6.45, 7) is 0.847. The summed E-state index contributed by atoms with van der Waals surface area (Å²) in [5.74, 6) is 0.858. The Kier molecular flexibility index (Phi) is 1.47. The zero-order chi connectivity index (χ0) is 9.38. The first-order valence-corrected chi connectivity index (χ1v) is 4.57. The van der Waals surface area contributed by atoms with E-state index in [1.54, 1.807) is 0 Å². The van der Waals surface area contributed by atoms with Crippen molar-refractivity contribution in [1.82, 2.24) is 15.4 Å². The Balaban J connectivity index is 2.05. The van der Waals surface area contributed by atoms with E-state index in [1.165, 1.54) is 0 Å². The van der Waals surface area contributed by atoms with Gasteiger partial charge in [-0.25, -0.2) is 4.98 Å². The van der Waals surface area contributed by atoms with Gasteiger partial charge in [0.2, 0.25) is 5.95 Å². The summed E-state index contributed by atoms with van der Waals surface area (Å²) >= 11 is 0. The van der Waals surface area contributed by atoms with Gasteiger partial charge >= 0.3 is 0 Å². The van der Waals surface area contributed by atoms with Crippen molar-refractivity contribution in [2.75, 3.05) is 11.6 Å². The van der Waals surface area contributed by atoms with E-state index >= 15 is 0 Å². The quantitative estimate of drug-likeness (QED) is 0.707. The van der Waals surface area contributed by atoms with Crippen LogP contribution in [0.2, 0.25) is 0 Å². The largest absolute Gasteiger partial charge is 0.323 e. The van der Waals surface area contributed by atoms with Crippen molar-refractivity contribution in [3.05, 3.63) is 36.5 Å². The number of rotatable bonds is 1. The second-order valence-corrected chi connectivity index (χ2v) is 3.22. The number of para-hydroxylation sites is 2. The molecule has 1 aromatic heterocycles. The SMILES string of the molecule is C1=CNN(c2nc3ccccc3[nH]2)C1. The second-order valence-electron chi connectivity index (χ2n) is 3.22. The van der Waals surface area contributed by atoms with Crippen LogP contribution in [-0.2, 0) is 0 Å². The van der Waals surface area contributed by atoms with E-state index < -0.39 is 0 Å². The van der Waals surface area contributed by atoms with Crippen LogP contribution in [-0.4, -0.2) is 16.5 Å². The summed E-state index contributed by atoms with van der Waals surface area (Å²) in [7, 11) is 0. The first kappa shape index (κ1) is 7.44. The van der Waals surface area contributed by atoms with E-state index in [-0.39, 0.29) is 0 Å². The van der Waals surface area contributed by atoms with Crippen LogP contribution in [0.4, 0.5) is 5.95 Å². The standard InChI is InChI=1S/C10H10N4/c1-2-5-9-8(4-1)12-10(13-9)14-7-3-6-11-14/h1-6,11H,7H2,(H,12,13). The Labute approximate surface area is 81.2 Å². The molecule has 1 aromatic carbocycles. The molecule has 0 fully saturated rings. The van der Waals surface area contributed by atoms with Crippen molar-refractivity contribution in [1.29, 1.82) is 0 Å². The van der Waals surface area contributed by atoms with E-state index in [9.17, 15) is 0 Å². The molecule has 1 aliphatic heterocycles. The molecule has 0 radical (unpaired) electrons. The molecule has 0 spiro atoms. The van der Waals surface area contributed by atoms with Gasteiger partial charge in [-0.05, 0) is 18.2 Å². The molecule has 0 saturated carbocycles. The van der Waals surface area contributed by atoms with Crippen LogP contribution in [0.5, 0.6) is 0 Å². The molecule has 0 atom stereocenters. The minimum Gasteiger partial charge on any atom is -0.323 e. The normalized spacial score (nSPS) is 15.0. The zero-order valence-corrected chi connectivity index (χ0v) is 7.57. The van der Waals surface area contributed by atoms with Crippen LogP contribution < -0.4 is 10.4 Å². The van der Waals surface area contributed by atoms with Gasteiger partial charge in [0.25, 0.3) is 0 Å². The lowest BCUT2D eigenvalue weighted by Crippen LogP contribution is -2.30. The van der Waals surface area contributed by atoms with Gasteiger partial charge in [-0.15, -0.1) is 0 Å². The number of aromatic amines is 1. The molecular formula is C10H10N4. The predicted molar refractivity (Wildman–Crippen MR) is 55.7 cm³/mol. The number of aromatic nitrogens is 2. The maximum Gasteiger partial charge on any atom is 0.223 e. The molecule has 4 heteroatoms. The number of fused-ring (bicyclic) bond motifs is 1. The molecule has 2 heterocycles. The molecule has 0 saturated heterocycles. The smallest absolute Gasteiger partial charge is 0.223 e. The summed E-state index contributed by atoms with van der Waals surface area (Å²) in [5, 5.41) is 1.96. The van der Waals surface area contributed by atoms with Crippen molar-refractivity contribution in [3.63, 3.8) is 0 Å². The van der Waals surface area contributed by atoms with Gasteiger partial charge in [-0.1, -0.05) is 12.1 Å². The second kappa shape index (κ2) is 2.77. The molecule has 4 nitrogen and oxygen atoms in total. The van der Waals surface area contributed by atoms with Crippen LogP contribution in [0, 0.1) is 0 Å². The number of nitrogens with one attached hydrogen (secondary N) is 2. The Hall–Kier alpha value is -1.97. The van der Waals surface area contributed by atoms with E-state index in [0.717, 1.165) is 23.5 Å². The fourth-order valence-corrected chi connectivity index (χ4v) is 1.57. The number of benzene rings is 1. The highest BCUT2D eigenvalue weighted by Gasteiger charge is 2.10. The molecule has 0 bridgehead atoms. The lowest BCUT2D eigenvalue weighted by Gasteiger charge is -2.13. The summed E-state index contributed by atoms with van der Waals surface area (Å²) in [5.41, 5.74) is 5.16. The van der Waals surface area contributed by atoms with Gasteiger partial charge in [-0.2, -0.15) is 0 Å². The van der Waals surface area contributed by atoms with Gasteiger partial charge in [0.05, 0.1) is 17.6 Å². The van der Waals surface area contributed by atoms with Gasteiger partial charge in [0.15, 0.2) is 0 Å².